The third-order valence-corrected chi connectivity index (χ3v) is 3.79. The standard InChI is InChI=1S/C15H19NO/c16-13-5-3-4-11(9-13)8-12-10-17-15-7-2-1-6-14(12)15/h1-2,6-7,9,12-13H,3-5,8,10,16H2. The Labute approximate surface area is 102 Å². The van der Waals surface area contributed by atoms with Crippen molar-refractivity contribution in [2.24, 2.45) is 5.73 Å². The van der Waals surface area contributed by atoms with Crippen LogP contribution in [0, 0.1) is 0 Å². The second-order valence-corrected chi connectivity index (χ2v) is 5.13. The molecule has 0 radical (unpaired) electrons. The van der Waals surface area contributed by atoms with Crippen LogP contribution in [0.1, 0.15) is 37.2 Å². The number of benzene rings is 1. The Hall–Kier alpha value is -1.28. The van der Waals surface area contributed by atoms with Crippen molar-refractivity contribution in [1.82, 2.24) is 0 Å². The van der Waals surface area contributed by atoms with Crippen molar-refractivity contribution in [3.05, 3.63) is 41.5 Å². The first-order valence-electron chi connectivity index (χ1n) is 6.50. The summed E-state index contributed by atoms with van der Waals surface area (Å²) in [5, 5.41) is 0. The Kier molecular flexibility index (Phi) is 2.89. The highest BCUT2D eigenvalue weighted by Crippen LogP contribution is 2.38. The topological polar surface area (TPSA) is 35.2 Å². The van der Waals surface area contributed by atoms with Gasteiger partial charge >= 0.3 is 0 Å². The van der Waals surface area contributed by atoms with Gasteiger partial charge in [-0.25, -0.2) is 0 Å². The van der Waals surface area contributed by atoms with Gasteiger partial charge in [-0.3, -0.25) is 0 Å². The minimum Gasteiger partial charge on any atom is -0.493 e. The number of fused-ring (bicyclic) bond motifs is 1. The Morgan fingerprint density at radius 2 is 2.18 bits per heavy atom. The van der Waals surface area contributed by atoms with Gasteiger partial charge in [-0.05, 0) is 31.7 Å². The molecule has 1 aliphatic carbocycles. The van der Waals surface area contributed by atoms with Crippen molar-refractivity contribution in [2.75, 3.05) is 6.61 Å². The zero-order chi connectivity index (χ0) is 11.7. The number of rotatable bonds is 2. The minimum absolute atomic E-state index is 0.274. The Bertz CT molecular complexity index is 438. The number of nitrogens with two attached hydrogens (primary N) is 1. The summed E-state index contributed by atoms with van der Waals surface area (Å²) in [6.45, 7) is 0.825. The monoisotopic (exact) mass is 229 g/mol. The highest BCUT2D eigenvalue weighted by atomic mass is 16.5. The second kappa shape index (κ2) is 4.53. The highest BCUT2D eigenvalue weighted by molar-refractivity contribution is 5.40. The van der Waals surface area contributed by atoms with Gasteiger partial charge in [-0.15, -0.1) is 0 Å². The summed E-state index contributed by atoms with van der Waals surface area (Å²) in [5.74, 6) is 1.60. The Morgan fingerprint density at radius 1 is 1.29 bits per heavy atom. The molecule has 3 rings (SSSR count). The summed E-state index contributed by atoms with van der Waals surface area (Å²) >= 11 is 0. The maximum Gasteiger partial charge on any atom is 0.122 e. The van der Waals surface area contributed by atoms with Gasteiger partial charge in [0, 0.05) is 17.5 Å². The molecule has 1 heterocycles. The van der Waals surface area contributed by atoms with E-state index >= 15 is 0 Å². The van der Waals surface area contributed by atoms with E-state index in [2.05, 4.69) is 24.3 Å². The molecule has 2 unspecified atom stereocenters. The first-order chi connectivity index (χ1) is 8.33. The third-order valence-electron chi connectivity index (χ3n) is 3.79. The predicted molar refractivity (Wildman–Crippen MR) is 69.2 cm³/mol. The lowest BCUT2D eigenvalue weighted by atomic mass is 9.87. The van der Waals surface area contributed by atoms with Crippen molar-refractivity contribution in [3.8, 4) is 5.75 Å². The quantitative estimate of drug-likeness (QED) is 0.791. The van der Waals surface area contributed by atoms with E-state index in [1.165, 1.54) is 24.0 Å². The molecule has 0 fully saturated rings. The lowest BCUT2D eigenvalue weighted by molar-refractivity contribution is 0.328. The minimum atomic E-state index is 0.274. The van der Waals surface area contributed by atoms with Gasteiger partial charge in [0.1, 0.15) is 5.75 Å². The van der Waals surface area contributed by atoms with Crippen molar-refractivity contribution in [2.45, 2.75) is 37.6 Å². The van der Waals surface area contributed by atoms with Crippen LogP contribution in [0.2, 0.25) is 0 Å². The summed E-state index contributed by atoms with van der Waals surface area (Å²) in [6.07, 6.45) is 6.98. The molecule has 0 spiro atoms. The number of hydrogen-bond donors (Lipinski definition) is 1. The molecule has 1 aromatic rings. The van der Waals surface area contributed by atoms with Crippen LogP contribution >= 0.6 is 0 Å². The van der Waals surface area contributed by atoms with Gasteiger partial charge in [0.25, 0.3) is 0 Å². The van der Waals surface area contributed by atoms with Gasteiger partial charge in [0.2, 0.25) is 0 Å². The summed E-state index contributed by atoms with van der Waals surface area (Å²) in [4.78, 5) is 0. The van der Waals surface area contributed by atoms with Crippen LogP contribution < -0.4 is 10.5 Å². The normalized spacial score (nSPS) is 27.2. The van der Waals surface area contributed by atoms with E-state index in [-0.39, 0.29) is 6.04 Å². The van der Waals surface area contributed by atoms with Crippen molar-refractivity contribution < 1.29 is 4.74 Å². The molecule has 2 nitrogen and oxygen atoms in total. The first-order valence-corrected chi connectivity index (χ1v) is 6.50. The van der Waals surface area contributed by atoms with E-state index in [4.69, 9.17) is 10.5 Å². The van der Waals surface area contributed by atoms with E-state index in [0.29, 0.717) is 5.92 Å². The number of hydrogen-bond acceptors (Lipinski definition) is 2. The number of allylic oxidation sites excluding steroid dienone is 1. The lowest BCUT2D eigenvalue weighted by Crippen LogP contribution is -2.21. The maximum absolute atomic E-state index is 5.99. The Balaban J connectivity index is 1.75. The van der Waals surface area contributed by atoms with Crippen LogP contribution in [0.15, 0.2) is 35.9 Å². The van der Waals surface area contributed by atoms with Gasteiger partial charge in [-0.2, -0.15) is 0 Å². The van der Waals surface area contributed by atoms with Crippen molar-refractivity contribution >= 4 is 0 Å². The molecule has 0 aromatic heterocycles. The van der Waals surface area contributed by atoms with E-state index in [0.717, 1.165) is 25.2 Å². The second-order valence-electron chi connectivity index (χ2n) is 5.13. The summed E-state index contributed by atoms with van der Waals surface area (Å²) < 4.78 is 5.72. The summed E-state index contributed by atoms with van der Waals surface area (Å²) in [7, 11) is 0. The summed E-state index contributed by atoms with van der Waals surface area (Å²) in [6, 6.07) is 8.67. The van der Waals surface area contributed by atoms with E-state index in [1.807, 2.05) is 6.07 Å². The molecule has 2 atom stereocenters. The molecule has 0 amide bonds. The van der Waals surface area contributed by atoms with Crippen LogP contribution in [0.3, 0.4) is 0 Å². The molecule has 0 saturated carbocycles. The highest BCUT2D eigenvalue weighted by Gasteiger charge is 2.25. The number of para-hydroxylation sites is 1. The van der Waals surface area contributed by atoms with Gasteiger partial charge < -0.3 is 10.5 Å². The van der Waals surface area contributed by atoms with E-state index in [9.17, 15) is 0 Å². The molecule has 0 bridgehead atoms. The van der Waals surface area contributed by atoms with Crippen LogP contribution in [-0.4, -0.2) is 12.6 Å². The zero-order valence-corrected chi connectivity index (χ0v) is 10.1. The molecule has 2 heteroatoms. The Morgan fingerprint density at radius 3 is 3.06 bits per heavy atom. The smallest absolute Gasteiger partial charge is 0.122 e. The summed E-state index contributed by atoms with van der Waals surface area (Å²) in [5.41, 5.74) is 8.88. The van der Waals surface area contributed by atoms with Crippen molar-refractivity contribution in [1.29, 1.82) is 0 Å². The van der Waals surface area contributed by atoms with Gasteiger partial charge in [0.05, 0.1) is 6.61 Å². The number of ether oxygens (including phenoxy) is 1. The SMILES string of the molecule is NC1C=C(CC2COc3ccccc32)CCC1. The van der Waals surface area contributed by atoms with Crippen LogP contribution in [0.4, 0.5) is 0 Å². The molecule has 17 heavy (non-hydrogen) atoms. The fourth-order valence-electron chi connectivity index (χ4n) is 2.92. The largest absolute Gasteiger partial charge is 0.493 e. The molecule has 1 aliphatic heterocycles. The van der Waals surface area contributed by atoms with E-state index in [1.54, 1.807) is 0 Å². The van der Waals surface area contributed by atoms with Crippen LogP contribution in [0.25, 0.3) is 0 Å². The molecule has 2 aliphatic rings. The molecule has 0 saturated heterocycles. The fourth-order valence-corrected chi connectivity index (χ4v) is 2.92. The molecule has 1 aromatic carbocycles. The van der Waals surface area contributed by atoms with Crippen LogP contribution in [-0.2, 0) is 0 Å². The average Bonchev–Trinajstić information content (AvgIpc) is 2.73. The molecule has 2 N–H and O–H groups in total. The van der Waals surface area contributed by atoms with E-state index < -0.39 is 0 Å². The molecule has 90 valence electrons. The maximum atomic E-state index is 5.99. The van der Waals surface area contributed by atoms with Crippen molar-refractivity contribution in [3.63, 3.8) is 0 Å². The zero-order valence-electron chi connectivity index (χ0n) is 10.1. The third kappa shape index (κ3) is 2.22. The van der Waals surface area contributed by atoms with Gasteiger partial charge in [0.15, 0.2) is 0 Å². The first kappa shape index (κ1) is 10.8. The molecular formula is C15H19NO. The van der Waals surface area contributed by atoms with Crippen LogP contribution in [0.5, 0.6) is 5.75 Å². The molecular weight excluding hydrogens is 210 g/mol. The predicted octanol–water partition coefficient (Wildman–Crippen LogP) is 2.99. The van der Waals surface area contributed by atoms with Gasteiger partial charge in [-0.1, -0.05) is 29.8 Å². The average molecular weight is 229 g/mol. The fraction of sp³-hybridized carbons (Fsp3) is 0.467. The lowest BCUT2D eigenvalue weighted by Gasteiger charge is -2.20.